The summed E-state index contributed by atoms with van der Waals surface area (Å²) in [5.74, 6) is -1.34. The number of hydrogen-bond acceptors (Lipinski definition) is 7. The molecule has 2 aromatic heterocycles. The first-order valence-corrected chi connectivity index (χ1v) is 13.0. The van der Waals surface area contributed by atoms with E-state index in [1.54, 1.807) is 24.4 Å². The van der Waals surface area contributed by atoms with Gasteiger partial charge in [-0.2, -0.15) is 0 Å². The van der Waals surface area contributed by atoms with Crippen LogP contribution < -0.4 is 10.9 Å². The largest absolute Gasteiger partial charge is 0.506 e. The standard InChI is InChI=1S/C27H33FN4O4.CH4O/c1-2-3-4-5-10-29-26(34)23-24(33)22-17-20(19-6-8-21(28)9-7-19)18-30-25(22)32(27(23)35)12-11-31-13-15-36-16-14-31;1-2/h6-9,17-18,33H,2-5,10-16H2,1H3,(H,29,34);2H,1H3. The van der Waals surface area contributed by atoms with Gasteiger partial charge in [0, 0.05) is 51.6 Å². The number of aromatic nitrogens is 2. The molecule has 3 heterocycles. The van der Waals surface area contributed by atoms with Crippen molar-refractivity contribution in [2.75, 3.05) is 46.5 Å². The number of carbonyl (C=O) groups excluding carboxylic acids is 1. The summed E-state index contributed by atoms with van der Waals surface area (Å²) in [6, 6.07) is 7.62. The summed E-state index contributed by atoms with van der Waals surface area (Å²) >= 11 is 0. The first kappa shape index (κ1) is 29.2. The number of carbonyl (C=O) groups is 1. The van der Waals surface area contributed by atoms with Crippen molar-refractivity contribution in [3.05, 3.63) is 58.3 Å². The normalized spacial score (nSPS) is 13.7. The molecule has 1 aliphatic heterocycles. The van der Waals surface area contributed by atoms with Crippen LogP contribution in [0.1, 0.15) is 43.0 Å². The number of ether oxygens (including phenoxy) is 1. The number of halogens is 1. The molecule has 0 spiro atoms. The predicted molar refractivity (Wildman–Crippen MR) is 145 cm³/mol. The van der Waals surface area contributed by atoms with E-state index >= 15 is 0 Å². The molecule has 1 saturated heterocycles. The Hall–Kier alpha value is -3.34. The number of unbranched alkanes of at least 4 members (excludes halogenated alkanes) is 3. The number of fused-ring (bicyclic) bond motifs is 1. The highest BCUT2D eigenvalue weighted by Gasteiger charge is 2.24. The monoisotopic (exact) mass is 528 g/mol. The Balaban J connectivity index is 0.00000195. The van der Waals surface area contributed by atoms with Gasteiger partial charge in [-0.15, -0.1) is 0 Å². The minimum atomic E-state index is -0.594. The zero-order valence-corrected chi connectivity index (χ0v) is 22.1. The predicted octanol–water partition coefficient (Wildman–Crippen LogP) is 3.16. The molecule has 1 amide bonds. The second-order valence-corrected chi connectivity index (χ2v) is 9.05. The molecular weight excluding hydrogens is 491 g/mol. The van der Waals surface area contributed by atoms with Gasteiger partial charge < -0.3 is 20.3 Å². The number of amides is 1. The molecular formula is C28H37FN4O5. The van der Waals surface area contributed by atoms with Gasteiger partial charge in [-0.1, -0.05) is 38.3 Å². The second kappa shape index (κ2) is 14.6. The number of aromatic hydroxyl groups is 1. The van der Waals surface area contributed by atoms with Gasteiger partial charge in [0.1, 0.15) is 22.8 Å². The van der Waals surface area contributed by atoms with Crippen LogP contribution in [0, 0.1) is 5.82 Å². The van der Waals surface area contributed by atoms with Crippen LogP contribution in [0.3, 0.4) is 0 Å². The fourth-order valence-electron chi connectivity index (χ4n) is 4.43. The number of aliphatic hydroxyl groups excluding tert-OH is 1. The summed E-state index contributed by atoms with van der Waals surface area (Å²) in [6.07, 6.45) is 5.53. The summed E-state index contributed by atoms with van der Waals surface area (Å²) in [4.78, 5) is 33.2. The molecule has 0 aliphatic carbocycles. The zero-order valence-electron chi connectivity index (χ0n) is 22.1. The zero-order chi connectivity index (χ0) is 27.5. The topological polar surface area (TPSA) is 117 Å². The molecule has 1 aromatic carbocycles. The van der Waals surface area contributed by atoms with Gasteiger partial charge >= 0.3 is 0 Å². The molecule has 3 N–H and O–H groups in total. The highest BCUT2D eigenvalue weighted by atomic mass is 19.1. The summed E-state index contributed by atoms with van der Waals surface area (Å²) in [7, 11) is 1.00. The molecule has 1 fully saturated rings. The van der Waals surface area contributed by atoms with Crippen molar-refractivity contribution in [3.63, 3.8) is 0 Å². The van der Waals surface area contributed by atoms with Gasteiger partial charge in [0.15, 0.2) is 0 Å². The molecule has 4 rings (SSSR count). The molecule has 0 atom stereocenters. The van der Waals surface area contributed by atoms with Gasteiger partial charge in [0.2, 0.25) is 0 Å². The fraction of sp³-hybridized carbons (Fsp3) is 0.464. The average Bonchev–Trinajstić information content (AvgIpc) is 2.95. The lowest BCUT2D eigenvalue weighted by Gasteiger charge is -2.27. The molecule has 0 saturated carbocycles. The number of benzene rings is 1. The van der Waals surface area contributed by atoms with Crippen LogP contribution in [-0.2, 0) is 11.3 Å². The minimum Gasteiger partial charge on any atom is -0.506 e. The van der Waals surface area contributed by atoms with Gasteiger partial charge in [-0.25, -0.2) is 9.37 Å². The lowest BCUT2D eigenvalue weighted by atomic mass is 10.0. The Morgan fingerprint density at radius 2 is 1.79 bits per heavy atom. The maximum Gasteiger partial charge on any atom is 0.268 e. The van der Waals surface area contributed by atoms with E-state index in [0.717, 1.165) is 45.9 Å². The van der Waals surface area contributed by atoms with Crippen molar-refractivity contribution >= 4 is 16.9 Å². The van der Waals surface area contributed by atoms with E-state index in [4.69, 9.17) is 9.84 Å². The van der Waals surface area contributed by atoms with Crippen molar-refractivity contribution in [1.29, 1.82) is 0 Å². The van der Waals surface area contributed by atoms with Crippen molar-refractivity contribution in [2.24, 2.45) is 0 Å². The Morgan fingerprint density at radius 3 is 2.47 bits per heavy atom. The Labute approximate surface area is 221 Å². The van der Waals surface area contributed by atoms with Crippen LogP contribution in [-0.4, -0.2) is 77.1 Å². The average molecular weight is 529 g/mol. The van der Waals surface area contributed by atoms with E-state index in [1.807, 2.05) is 0 Å². The number of pyridine rings is 2. The van der Waals surface area contributed by atoms with E-state index in [0.29, 0.717) is 55.0 Å². The number of rotatable bonds is 10. The van der Waals surface area contributed by atoms with Crippen LogP contribution in [0.25, 0.3) is 22.2 Å². The Kier molecular flexibility index (Phi) is 11.2. The third-order valence-corrected chi connectivity index (χ3v) is 6.54. The highest BCUT2D eigenvalue weighted by molar-refractivity contribution is 6.02. The van der Waals surface area contributed by atoms with Crippen LogP contribution in [0.15, 0.2) is 41.3 Å². The van der Waals surface area contributed by atoms with E-state index < -0.39 is 11.5 Å². The highest BCUT2D eigenvalue weighted by Crippen LogP contribution is 2.30. The number of hydrogen-bond donors (Lipinski definition) is 3. The van der Waals surface area contributed by atoms with Gasteiger partial charge in [-0.3, -0.25) is 19.1 Å². The third-order valence-electron chi connectivity index (χ3n) is 6.54. The first-order chi connectivity index (χ1) is 18.5. The quantitative estimate of drug-likeness (QED) is 0.346. The number of nitrogens with one attached hydrogen (secondary N) is 1. The first-order valence-electron chi connectivity index (χ1n) is 13.0. The van der Waals surface area contributed by atoms with Crippen LogP contribution in [0.4, 0.5) is 4.39 Å². The second-order valence-electron chi connectivity index (χ2n) is 9.05. The molecule has 3 aromatic rings. The summed E-state index contributed by atoms with van der Waals surface area (Å²) in [6.45, 7) is 6.23. The van der Waals surface area contributed by atoms with E-state index in [-0.39, 0.29) is 17.1 Å². The van der Waals surface area contributed by atoms with Gasteiger partial charge in [0.05, 0.1) is 18.6 Å². The van der Waals surface area contributed by atoms with E-state index in [1.165, 1.54) is 16.7 Å². The fourth-order valence-corrected chi connectivity index (χ4v) is 4.43. The smallest absolute Gasteiger partial charge is 0.268 e. The van der Waals surface area contributed by atoms with E-state index in [9.17, 15) is 19.1 Å². The Morgan fingerprint density at radius 1 is 1.08 bits per heavy atom. The minimum absolute atomic E-state index is 0.280. The number of nitrogens with zero attached hydrogens (tertiary/aromatic N) is 3. The summed E-state index contributed by atoms with van der Waals surface area (Å²) < 4.78 is 20.3. The SMILES string of the molecule is CCCCCCNC(=O)c1c(O)c2cc(-c3ccc(F)cc3)cnc2n(CCN2CCOCC2)c1=O.CO. The van der Waals surface area contributed by atoms with Crippen molar-refractivity contribution in [3.8, 4) is 16.9 Å². The number of aliphatic hydroxyl groups is 1. The molecule has 0 radical (unpaired) electrons. The van der Waals surface area contributed by atoms with Crippen LogP contribution >= 0.6 is 0 Å². The molecule has 9 nitrogen and oxygen atoms in total. The molecule has 0 bridgehead atoms. The molecule has 0 unspecified atom stereocenters. The van der Waals surface area contributed by atoms with E-state index in [2.05, 4.69) is 22.1 Å². The maximum atomic E-state index is 13.5. The van der Waals surface area contributed by atoms with Crippen molar-refractivity contribution in [1.82, 2.24) is 19.8 Å². The molecule has 10 heteroatoms. The molecule has 1 aliphatic rings. The molecule has 206 valence electrons. The summed E-state index contributed by atoms with van der Waals surface area (Å²) in [5, 5.41) is 21.2. The Bertz CT molecular complexity index is 1260. The lowest BCUT2D eigenvalue weighted by Crippen LogP contribution is -2.40. The third kappa shape index (κ3) is 7.15. The maximum absolute atomic E-state index is 13.5. The van der Waals surface area contributed by atoms with Gasteiger partial charge in [0.25, 0.3) is 11.5 Å². The molecule has 38 heavy (non-hydrogen) atoms. The van der Waals surface area contributed by atoms with Crippen LogP contribution in [0.5, 0.6) is 5.75 Å². The van der Waals surface area contributed by atoms with Crippen molar-refractivity contribution in [2.45, 2.75) is 39.2 Å². The summed E-state index contributed by atoms with van der Waals surface area (Å²) in [5.41, 5.74) is 0.802. The van der Waals surface area contributed by atoms with Crippen LogP contribution in [0.2, 0.25) is 0 Å². The number of morpholine rings is 1. The van der Waals surface area contributed by atoms with Crippen molar-refractivity contribution < 1.29 is 24.1 Å². The lowest BCUT2D eigenvalue weighted by molar-refractivity contribution is 0.0364. The van der Waals surface area contributed by atoms with Gasteiger partial charge in [-0.05, 0) is 30.2 Å².